The van der Waals surface area contributed by atoms with E-state index in [9.17, 15) is 9.59 Å². The van der Waals surface area contributed by atoms with Crippen LogP contribution in [0.4, 0.5) is 5.69 Å². The molecule has 0 aliphatic heterocycles. The first-order valence-corrected chi connectivity index (χ1v) is 7.62. The summed E-state index contributed by atoms with van der Waals surface area (Å²) in [5, 5.41) is 4.05. The Morgan fingerprint density at radius 1 is 1.21 bits per heavy atom. The van der Waals surface area contributed by atoms with Crippen LogP contribution in [-0.4, -0.2) is 12.5 Å². The van der Waals surface area contributed by atoms with Crippen molar-refractivity contribution < 1.29 is 13.9 Å². The maximum absolute atomic E-state index is 11.9. The largest absolute Gasteiger partial charge is 0.484 e. The number of nitrogens with one attached hydrogen (secondary N) is 1. The number of hydrogen-bond acceptors (Lipinski definition) is 4. The second-order valence-electron chi connectivity index (χ2n) is 5.25. The minimum atomic E-state index is -0.421. The summed E-state index contributed by atoms with van der Waals surface area (Å²) in [7, 11) is 0. The average molecular weight is 344 g/mol. The number of hydrogen-bond donors (Lipinski definition) is 1. The fourth-order valence-electron chi connectivity index (χ4n) is 2.31. The van der Waals surface area contributed by atoms with Gasteiger partial charge >= 0.3 is 5.63 Å². The van der Waals surface area contributed by atoms with Gasteiger partial charge in [-0.25, -0.2) is 4.79 Å². The summed E-state index contributed by atoms with van der Waals surface area (Å²) < 4.78 is 10.6. The monoisotopic (exact) mass is 343 g/mol. The lowest BCUT2D eigenvalue weighted by Gasteiger charge is -2.08. The molecule has 0 atom stereocenters. The highest BCUT2D eigenvalue weighted by Crippen LogP contribution is 2.22. The first-order chi connectivity index (χ1) is 11.5. The van der Waals surface area contributed by atoms with E-state index in [1.54, 1.807) is 42.5 Å². The summed E-state index contributed by atoms with van der Waals surface area (Å²) in [4.78, 5) is 23.3. The predicted octanol–water partition coefficient (Wildman–Crippen LogP) is 3.77. The van der Waals surface area contributed by atoms with Crippen LogP contribution in [0.15, 0.2) is 57.7 Å². The first-order valence-electron chi connectivity index (χ1n) is 7.24. The van der Waals surface area contributed by atoms with Crippen molar-refractivity contribution in [1.82, 2.24) is 0 Å². The summed E-state index contributed by atoms with van der Waals surface area (Å²) in [6.45, 7) is 1.66. The van der Waals surface area contributed by atoms with Crippen LogP contribution in [-0.2, 0) is 4.79 Å². The average Bonchev–Trinajstić information content (AvgIpc) is 2.52. The number of benzene rings is 2. The van der Waals surface area contributed by atoms with E-state index in [-0.39, 0.29) is 12.5 Å². The molecule has 0 bridgehead atoms. The summed E-state index contributed by atoms with van der Waals surface area (Å²) in [6.07, 6.45) is 0. The second-order valence-corrected chi connectivity index (χ2v) is 5.69. The minimum Gasteiger partial charge on any atom is -0.484 e. The molecule has 122 valence electrons. The Balaban J connectivity index is 1.69. The first kappa shape index (κ1) is 16.1. The van der Waals surface area contributed by atoms with Crippen molar-refractivity contribution in [2.45, 2.75) is 6.92 Å². The molecule has 0 saturated heterocycles. The third-order valence-electron chi connectivity index (χ3n) is 3.40. The van der Waals surface area contributed by atoms with Gasteiger partial charge in [0, 0.05) is 28.2 Å². The van der Waals surface area contributed by atoms with Gasteiger partial charge in [-0.3, -0.25) is 4.79 Å². The van der Waals surface area contributed by atoms with Crippen molar-refractivity contribution in [3.8, 4) is 5.75 Å². The molecule has 0 radical (unpaired) electrons. The number of fused-ring (bicyclic) bond motifs is 1. The summed E-state index contributed by atoms with van der Waals surface area (Å²) >= 11 is 5.86. The van der Waals surface area contributed by atoms with E-state index in [4.69, 9.17) is 20.8 Å². The minimum absolute atomic E-state index is 0.173. The molecule has 6 heteroatoms. The smallest absolute Gasteiger partial charge is 0.336 e. The van der Waals surface area contributed by atoms with Gasteiger partial charge in [-0.05, 0) is 42.8 Å². The highest BCUT2D eigenvalue weighted by molar-refractivity contribution is 6.30. The number of anilines is 1. The predicted molar refractivity (Wildman–Crippen MR) is 92.8 cm³/mol. The van der Waals surface area contributed by atoms with Gasteiger partial charge < -0.3 is 14.5 Å². The molecule has 0 saturated carbocycles. The van der Waals surface area contributed by atoms with Gasteiger partial charge in [-0.2, -0.15) is 0 Å². The van der Waals surface area contributed by atoms with E-state index < -0.39 is 5.63 Å². The van der Waals surface area contributed by atoms with Crippen LogP contribution in [0.25, 0.3) is 11.0 Å². The molecule has 24 heavy (non-hydrogen) atoms. The Bertz CT molecular complexity index is 965. The Morgan fingerprint density at radius 2 is 2.04 bits per heavy atom. The van der Waals surface area contributed by atoms with E-state index in [0.29, 0.717) is 22.0 Å². The number of aryl methyl sites for hydroxylation is 1. The van der Waals surface area contributed by atoms with Crippen LogP contribution in [0.3, 0.4) is 0 Å². The van der Waals surface area contributed by atoms with Gasteiger partial charge in [-0.15, -0.1) is 0 Å². The van der Waals surface area contributed by atoms with Crippen molar-refractivity contribution in [3.63, 3.8) is 0 Å². The lowest BCUT2D eigenvalue weighted by molar-refractivity contribution is -0.118. The second kappa shape index (κ2) is 6.76. The summed E-state index contributed by atoms with van der Waals surface area (Å²) in [5.41, 5.74) is 1.42. The highest BCUT2D eigenvalue weighted by atomic mass is 35.5. The summed E-state index contributed by atoms with van der Waals surface area (Å²) in [6, 6.07) is 13.4. The Kier molecular flexibility index (Phi) is 4.53. The van der Waals surface area contributed by atoms with Gasteiger partial charge in [0.15, 0.2) is 6.61 Å². The number of carbonyl (C=O) groups excluding carboxylic acids is 1. The molecule has 0 unspecified atom stereocenters. The molecule has 3 rings (SSSR count). The van der Waals surface area contributed by atoms with E-state index in [2.05, 4.69) is 5.32 Å². The lowest BCUT2D eigenvalue weighted by Crippen LogP contribution is -2.20. The molecule has 0 spiro atoms. The van der Waals surface area contributed by atoms with Crippen molar-refractivity contribution in [2.75, 3.05) is 11.9 Å². The van der Waals surface area contributed by atoms with Crippen LogP contribution in [0.2, 0.25) is 5.02 Å². The van der Waals surface area contributed by atoms with Gasteiger partial charge in [0.05, 0.1) is 0 Å². The maximum Gasteiger partial charge on any atom is 0.336 e. The van der Waals surface area contributed by atoms with Crippen LogP contribution in [0.5, 0.6) is 5.75 Å². The number of halogens is 1. The molecule has 1 heterocycles. The molecule has 0 fully saturated rings. The number of ether oxygens (including phenoxy) is 1. The van der Waals surface area contributed by atoms with Crippen molar-refractivity contribution in [1.29, 1.82) is 0 Å². The maximum atomic E-state index is 11.9. The van der Waals surface area contributed by atoms with Crippen LogP contribution in [0, 0.1) is 6.92 Å². The Morgan fingerprint density at radius 3 is 2.83 bits per heavy atom. The third kappa shape index (κ3) is 3.75. The number of rotatable bonds is 4. The van der Waals surface area contributed by atoms with E-state index in [1.165, 1.54) is 6.07 Å². The quantitative estimate of drug-likeness (QED) is 0.732. The molecule has 1 aromatic heterocycles. The molecule has 0 aliphatic rings. The third-order valence-corrected chi connectivity index (χ3v) is 3.64. The molecule has 1 amide bonds. The van der Waals surface area contributed by atoms with Crippen molar-refractivity contribution in [2.24, 2.45) is 0 Å². The molecule has 1 N–H and O–H groups in total. The fraction of sp³-hybridized carbons (Fsp3) is 0.111. The SMILES string of the molecule is Cc1cc(=O)oc2cc(OCC(=O)Nc3cccc(Cl)c3)ccc12. The number of amides is 1. The van der Waals surface area contributed by atoms with Gasteiger partial charge in [0.2, 0.25) is 0 Å². The van der Waals surface area contributed by atoms with Gasteiger partial charge in [0.1, 0.15) is 11.3 Å². The number of carbonyl (C=O) groups is 1. The van der Waals surface area contributed by atoms with E-state index >= 15 is 0 Å². The zero-order valence-corrected chi connectivity index (χ0v) is 13.6. The zero-order chi connectivity index (χ0) is 17.1. The highest BCUT2D eigenvalue weighted by Gasteiger charge is 2.07. The van der Waals surface area contributed by atoms with E-state index in [0.717, 1.165) is 10.9 Å². The molecule has 2 aromatic carbocycles. The van der Waals surface area contributed by atoms with E-state index in [1.807, 2.05) is 6.92 Å². The van der Waals surface area contributed by atoms with Crippen LogP contribution >= 0.6 is 11.6 Å². The van der Waals surface area contributed by atoms with Crippen molar-refractivity contribution >= 4 is 34.2 Å². The molecule has 3 aromatic rings. The lowest BCUT2D eigenvalue weighted by atomic mass is 10.1. The molecule has 5 nitrogen and oxygen atoms in total. The zero-order valence-electron chi connectivity index (χ0n) is 12.8. The summed E-state index contributed by atoms with van der Waals surface area (Å²) in [5.74, 6) is 0.126. The van der Waals surface area contributed by atoms with Crippen LogP contribution in [0.1, 0.15) is 5.56 Å². The van der Waals surface area contributed by atoms with Crippen LogP contribution < -0.4 is 15.7 Å². The van der Waals surface area contributed by atoms with Crippen molar-refractivity contribution in [3.05, 3.63) is 69.5 Å². The molecule has 0 aliphatic carbocycles. The normalized spacial score (nSPS) is 10.6. The fourth-order valence-corrected chi connectivity index (χ4v) is 2.50. The Hall–Kier alpha value is -2.79. The van der Waals surface area contributed by atoms with Gasteiger partial charge in [-0.1, -0.05) is 17.7 Å². The molecular weight excluding hydrogens is 330 g/mol. The standard InChI is InChI=1S/C18H14ClNO4/c1-11-7-18(22)24-16-9-14(5-6-15(11)16)23-10-17(21)20-13-4-2-3-12(19)8-13/h2-9H,10H2,1H3,(H,20,21). The Labute approximate surface area is 142 Å². The van der Waals surface area contributed by atoms with Gasteiger partial charge in [0.25, 0.3) is 5.91 Å². The topological polar surface area (TPSA) is 68.5 Å². The molecular formula is C18H14ClNO4.